The molecule has 0 saturated heterocycles. The number of nitrogens with one attached hydrogen (secondary N) is 1. The summed E-state index contributed by atoms with van der Waals surface area (Å²) in [7, 11) is 1.88. The lowest BCUT2D eigenvalue weighted by atomic mass is 10.1. The van der Waals surface area contributed by atoms with E-state index in [0.717, 1.165) is 11.3 Å². The number of phenols is 1. The third kappa shape index (κ3) is 1.02. The summed E-state index contributed by atoms with van der Waals surface area (Å²) in [6.45, 7) is 0.648. The van der Waals surface area contributed by atoms with Gasteiger partial charge in [-0.15, -0.1) is 0 Å². The molecule has 0 amide bonds. The van der Waals surface area contributed by atoms with Crippen LogP contribution in [0.25, 0.3) is 0 Å². The zero-order chi connectivity index (χ0) is 8.55. The molecule has 0 fully saturated rings. The molecule has 0 spiro atoms. The minimum absolute atomic E-state index is 0.215. The van der Waals surface area contributed by atoms with Gasteiger partial charge in [0.1, 0.15) is 18.1 Å². The number of phenolic OH excluding ortho intramolecular Hbond substituents is 1. The van der Waals surface area contributed by atoms with Gasteiger partial charge in [-0.3, -0.25) is 0 Å². The fourth-order valence-electron chi connectivity index (χ4n) is 1.44. The standard InChI is InChI=1S/C9H11NO2/c1-10-8-5-12-9-3-2-6(11)4-7(8)9/h2-4,8,10-11H,5H2,1H3. The van der Waals surface area contributed by atoms with Crippen LogP contribution in [0.4, 0.5) is 0 Å². The van der Waals surface area contributed by atoms with Crippen LogP contribution in [0.1, 0.15) is 11.6 Å². The first-order chi connectivity index (χ1) is 5.81. The summed E-state index contributed by atoms with van der Waals surface area (Å²) in [6.07, 6.45) is 0. The van der Waals surface area contributed by atoms with Gasteiger partial charge < -0.3 is 15.2 Å². The molecule has 1 aliphatic heterocycles. The molecule has 0 saturated carbocycles. The average molecular weight is 165 g/mol. The maximum atomic E-state index is 9.23. The Morgan fingerprint density at radius 2 is 2.42 bits per heavy atom. The van der Waals surface area contributed by atoms with Crippen molar-refractivity contribution >= 4 is 0 Å². The number of hydrogen-bond acceptors (Lipinski definition) is 3. The Labute approximate surface area is 71.0 Å². The van der Waals surface area contributed by atoms with Crippen molar-refractivity contribution in [3.63, 3.8) is 0 Å². The topological polar surface area (TPSA) is 41.5 Å². The zero-order valence-corrected chi connectivity index (χ0v) is 6.87. The molecule has 1 aliphatic rings. The van der Waals surface area contributed by atoms with Crippen molar-refractivity contribution in [3.05, 3.63) is 23.8 Å². The Morgan fingerprint density at radius 3 is 3.17 bits per heavy atom. The first kappa shape index (κ1) is 7.43. The van der Waals surface area contributed by atoms with E-state index in [4.69, 9.17) is 4.74 Å². The van der Waals surface area contributed by atoms with Gasteiger partial charge in [-0.25, -0.2) is 0 Å². The summed E-state index contributed by atoms with van der Waals surface area (Å²) in [4.78, 5) is 0. The number of benzene rings is 1. The number of likely N-dealkylation sites (N-methyl/N-ethyl adjacent to an activating group) is 1. The van der Waals surface area contributed by atoms with Gasteiger partial charge in [0.15, 0.2) is 0 Å². The van der Waals surface area contributed by atoms with Gasteiger partial charge in [-0.2, -0.15) is 0 Å². The summed E-state index contributed by atoms with van der Waals surface area (Å²) in [5.74, 6) is 1.16. The molecule has 1 aromatic carbocycles. The molecule has 1 atom stereocenters. The van der Waals surface area contributed by atoms with E-state index in [2.05, 4.69) is 5.32 Å². The van der Waals surface area contributed by atoms with E-state index < -0.39 is 0 Å². The molecule has 64 valence electrons. The van der Waals surface area contributed by atoms with Crippen molar-refractivity contribution in [1.82, 2.24) is 5.32 Å². The lowest BCUT2D eigenvalue weighted by Gasteiger charge is -2.05. The van der Waals surface area contributed by atoms with Crippen molar-refractivity contribution in [3.8, 4) is 11.5 Å². The quantitative estimate of drug-likeness (QED) is 0.653. The maximum Gasteiger partial charge on any atom is 0.124 e. The van der Waals surface area contributed by atoms with Crippen molar-refractivity contribution in [2.24, 2.45) is 0 Å². The molecule has 1 unspecified atom stereocenters. The predicted octanol–water partition coefficient (Wildman–Crippen LogP) is 1.05. The molecule has 0 aromatic heterocycles. The van der Waals surface area contributed by atoms with Gasteiger partial charge in [-0.05, 0) is 25.2 Å². The van der Waals surface area contributed by atoms with Crippen molar-refractivity contribution in [1.29, 1.82) is 0 Å². The van der Waals surface area contributed by atoms with Gasteiger partial charge in [0, 0.05) is 5.56 Å². The number of fused-ring (bicyclic) bond motifs is 1. The maximum absolute atomic E-state index is 9.23. The lowest BCUT2D eigenvalue weighted by Crippen LogP contribution is -2.17. The van der Waals surface area contributed by atoms with Gasteiger partial charge >= 0.3 is 0 Å². The monoisotopic (exact) mass is 165 g/mol. The van der Waals surface area contributed by atoms with Crippen LogP contribution in [-0.4, -0.2) is 18.8 Å². The molecule has 0 bridgehead atoms. The van der Waals surface area contributed by atoms with Crippen LogP contribution in [0.3, 0.4) is 0 Å². The van der Waals surface area contributed by atoms with E-state index >= 15 is 0 Å². The first-order valence-electron chi connectivity index (χ1n) is 3.94. The highest BCUT2D eigenvalue weighted by atomic mass is 16.5. The fraction of sp³-hybridized carbons (Fsp3) is 0.333. The van der Waals surface area contributed by atoms with Gasteiger partial charge in [0.25, 0.3) is 0 Å². The summed E-state index contributed by atoms with van der Waals surface area (Å²) < 4.78 is 5.38. The Hall–Kier alpha value is -1.22. The van der Waals surface area contributed by atoms with E-state index in [1.54, 1.807) is 18.2 Å². The van der Waals surface area contributed by atoms with E-state index in [9.17, 15) is 5.11 Å². The van der Waals surface area contributed by atoms with E-state index in [-0.39, 0.29) is 6.04 Å². The third-order valence-electron chi connectivity index (χ3n) is 2.12. The molecule has 2 N–H and O–H groups in total. The molecule has 3 heteroatoms. The zero-order valence-electron chi connectivity index (χ0n) is 6.87. The predicted molar refractivity (Wildman–Crippen MR) is 45.4 cm³/mol. The number of aromatic hydroxyl groups is 1. The van der Waals surface area contributed by atoms with Gasteiger partial charge in [0.2, 0.25) is 0 Å². The smallest absolute Gasteiger partial charge is 0.124 e. The van der Waals surface area contributed by atoms with Crippen LogP contribution in [0.5, 0.6) is 11.5 Å². The molecule has 2 rings (SSSR count). The molecule has 3 nitrogen and oxygen atoms in total. The Balaban J connectivity index is 2.42. The summed E-state index contributed by atoms with van der Waals surface area (Å²) in [6, 6.07) is 5.38. The molecule has 0 radical (unpaired) electrons. The Morgan fingerprint density at radius 1 is 1.58 bits per heavy atom. The van der Waals surface area contributed by atoms with Crippen LogP contribution in [0, 0.1) is 0 Å². The second kappa shape index (κ2) is 2.68. The van der Waals surface area contributed by atoms with Crippen molar-refractivity contribution in [2.75, 3.05) is 13.7 Å². The van der Waals surface area contributed by atoms with Crippen LogP contribution >= 0.6 is 0 Å². The molecule has 12 heavy (non-hydrogen) atoms. The minimum atomic E-state index is 0.215. The van der Waals surface area contributed by atoms with E-state index in [1.165, 1.54) is 0 Å². The highest BCUT2D eigenvalue weighted by molar-refractivity contribution is 5.44. The number of hydrogen-bond donors (Lipinski definition) is 2. The minimum Gasteiger partial charge on any atom is -0.508 e. The van der Waals surface area contributed by atoms with Crippen molar-refractivity contribution < 1.29 is 9.84 Å². The summed E-state index contributed by atoms with van der Waals surface area (Å²) >= 11 is 0. The van der Waals surface area contributed by atoms with Crippen LogP contribution < -0.4 is 10.1 Å². The Kier molecular flexibility index (Phi) is 1.66. The Bertz CT molecular complexity index is 299. The molecule has 1 heterocycles. The van der Waals surface area contributed by atoms with Gasteiger partial charge in [0.05, 0.1) is 6.04 Å². The molecule has 1 aromatic rings. The number of rotatable bonds is 1. The van der Waals surface area contributed by atoms with E-state index in [1.807, 2.05) is 7.05 Å². The second-order valence-corrected chi connectivity index (χ2v) is 2.87. The second-order valence-electron chi connectivity index (χ2n) is 2.87. The third-order valence-corrected chi connectivity index (χ3v) is 2.12. The summed E-state index contributed by atoms with van der Waals surface area (Å²) in [5, 5.41) is 12.3. The van der Waals surface area contributed by atoms with Crippen LogP contribution in [0.2, 0.25) is 0 Å². The SMILES string of the molecule is CNC1COc2ccc(O)cc21. The normalized spacial score (nSPS) is 20.2. The fourth-order valence-corrected chi connectivity index (χ4v) is 1.44. The van der Waals surface area contributed by atoms with Crippen LogP contribution in [0.15, 0.2) is 18.2 Å². The highest BCUT2D eigenvalue weighted by Gasteiger charge is 2.22. The van der Waals surface area contributed by atoms with Crippen molar-refractivity contribution in [2.45, 2.75) is 6.04 Å². The van der Waals surface area contributed by atoms with Crippen LogP contribution in [-0.2, 0) is 0 Å². The molecular formula is C9H11NO2. The number of ether oxygens (including phenoxy) is 1. The van der Waals surface area contributed by atoms with Gasteiger partial charge in [-0.1, -0.05) is 0 Å². The molecular weight excluding hydrogens is 154 g/mol. The summed E-state index contributed by atoms with van der Waals surface area (Å²) in [5.41, 5.74) is 1.04. The lowest BCUT2D eigenvalue weighted by molar-refractivity contribution is 0.318. The van der Waals surface area contributed by atoms with E-state index in [0.29, 0.717) is 12.4 Å². The highest BCUT2D eigenvalue weighted by Crippen LogP contribution is 2.34. The molecule has 0 aliphatic carbocycles. The average Bonchev–Trinajstić information content (AvgIpc) is 2.46. The largest absolute Gasteiger partial charge is 0.508 e. The first-order valence-corrected chi connectivity index (χ1v) is 3.94.